The third-order valence-corrected chi connectivity index (χ3v) is 8.38. The highest BCUT2D eigenvalue weighted by Crippen LogP contribution is 2.46. The van der Waals surface area contributed by atoms with Crippen molar-refractivity contribution in [3.63, 3.8) is 0 Å². The van der Waals surface area contributed by atoms with Crippen molar-refractivity contribution in [1.29, 1.82) is 0 Å². The summed E-state index contributed by atoms with van der Waals surface area (Å²) in [7, 11) is 1.57. The molecule has 3 aromatic rings. The van der Waals surface area contributed by atoms with Crippen LogP contribution in [0, 0.1) is 0 Å². The smallest absolute Gasteiger partial charge is 0.224 e. The number of ether oxygens (including phenoxy) is 2. The van der Waals surface area contributed by atoms with Gasteiger partial charge < -0.3 is 25.0 Å². The largest absolute Gasteiger partial charge is 0.494 e. The number of aromatic nitrogens is 2. The molecule has 1 fully saturated rings. The molecule has 39 heavy (non-hydrogen) atoms. The summed E-state index contributed by atoms with van der Waals surface area (Å²) in [5.74, 6) is 1.09. The Kier molecular flexibility index (Phi) is 8.16. The van der Waals surface area contributed by atoms with E-state index in [0.717, 1.165) is 48.6 Å². The molecular weight excluding hydrogens is 537 g/mol. The molecule has 10 heteroatoms. The number of fused-ring (bicyclic) bond motifs is 2. The Labute approximate surface area is 239 Å². The number of rotatable bonds is 7. The number of hydrogen-bond acceptors (Lipinski definition) is 7. The highest BCUT2D eigenvalue weighted by Gasteiger charge is 2.44. The van der Waals surface area contributed by atoms with E-state index in [1.165, 1.54) is 5.56 Å². The van der Waals surface area contributed by atoms with Gasteiger partial charge in [0.25, 0.3) is 0 Å². The van der Waals surface area contributed by atoms with Crippen LogP contribution in [0.1, 0.15) is 37.4 Å². The molecule has 0 saturated carbocycles. The lowest BCUT2D eigenvalue weighted by Gasteiger charge is -2.49. The van der Waals surface area contributed by atoms with E-state index in [9.17, 15) is 4.79 Å². The van der Waals surface area contributed by atoms with Gasteiger partial charge in [-0.2, -0.15) is 0 Å². The number of pyridine rings is 2. The van der Waals surface area contributed by atoms with Gasteiger partial charge in [0, 0.05) is 44.2 Å². The summed E-state index contributed by atoms with van der Waals surface area (Å²) in [5.41, 5.74) is 10.2. The zero-order valence-electron chi connectivity index (χ0n) is 22.3. The van der Waals surface area contributed by atoms with Gasteiger partial charge in [0.2, 0.25) is 11.8 Å². The molecule has 2 aliphatic heterocycles. The van der Waals surface area contributed by atoms with Crippen LogP contribution < -0.4 is 20.1 Å². The van der Waals surface area contributed by atoms with Crippen LogP contribution in [0.3, 0.4) is 0 Å². The third-order valence-electron chi connectivity index (χ3n) is 7.71. The predicted octanol–water partition coefficient (Wildman–Crippen LogP) is 5.09. The molecule has 1 spiro atoms. The first-order valence-electron chi connectivity index (χ1n) is 13.2. The van der Waals surface area contributed by atoms with Crippen molar-refractivity contribution in [2.45, 2.75) is 38.1 Å². The fraction of sp³-hybridized carbons (Fsp3) is 0.414. The van der Waals surface area contributed by atoms with E-state index in [2.05, 4.69) is 16.0 Å². The molecule has 1 aromatic carbocycles. The maximum atomic E-state index is 13.1. The maximum Gasteiger partial charge on any atom is 0.224 e. The monoisotopic (exact) mass is 569 g/mol. The van der Waals surface area contributed by atoms with E-state index in [1.54, 1.807) is 13.3 Å². The van der Waals surface area contributed by atoms with Gasteiger partial charge in [-0.05, 0) is 55.7 Å². The number of piperidine rings is 1. The van der Waals surface area contributed by atoms with Crippen LogP contribution in [0.5, 0.6) is 11.6 Å². The molecule has 2 aromatic heterocycles. The summed E-state index contributed by atoms with van der Waals surface area (Å²) in [5, 5.41) is 0.996. The van der Waals surface area contributed by atoms with Crippen LogP contribution in [-0.2, 0) is 16.8 Å². The fourth-order valence-electron chi connectivity index (χ4n) is 5.79. The minimum absolute atomic E-state index is 0.0547. The highest BCUT2D eigenvalue weighted by atomic mass is 35.5. The number of benzene rings is 1. The van der Waals surface area contributed by atoms with Crippen molar-refractivity contribution < 1.29 is 14.3 Å². The Morgan fingerprint density at radius 1 is 1.15 bits per heavy atom. The fourth-order valence-corrected chi connectivity index (χ4v) is 6.44. The van der Waals surface area contributed by atoms with E-state index in [4.69, 9.17) is 43.4 Å². The van der Waals surface area contributed by atoms with E-state index in [1.807, 2.05) is 42.2 Å². The molecule has 1 saturated heterocycles. The zero-order valence-corrected chi connectivity index (χ0v) is 23.8. The Morgan fingerprint density at radius 3 is 2.67 bits per heavy atom. The summed E-state index contributed by atoms with van der Waals surface area (Å²) >= 11 is 13.0. The number of nitrogens with two attached hydrogens (primary N) is 1. The second-order valence-corrected chi connectivity index (χ2v) is 10.7. The molecule has 206 valence electrons. The zero-order chi connectivity index (χ0) is 27.6. The number of anilines is 1. The molecule has 1 amide bonds. The summed E-state index contributed by atoms with van der Waals surface area (Å²) in [4.78, 5) is 26.8. The number of carbonyl (C=O) groups excluding carboxylic acids is 1. The highest BCUT2D eigenvalue weighted by molar-refractivity contribution is 6.39. The van der Waals surface area contributed by atoms with E-state index < -0.39 is 0 Å². The van der Waals surface area contributed by atoms with Gasteiger partial charge >= 0.3 is 0 Å². The molecule has 0 bridgehead atoms. The quantitative estimate of drug-likeness (QED) is 0.423. The summed E-state index contributed by atoms with van der Waals surface area (Å²) in [6.07, 6.45) is 3.71. The molecule has 0 aliphatic carbocycles. The molecule has 0 radical (unpaired) electrons. The number of halogens is 2. The SMILES string of the molecule is CCOc1ncccc1-c1ccc2c(n1)CN(C(=O)CCN)CC21CCN(c2ccc(Cl)c(OC)c2Cl)CC1. The lowest BCUT2D eigenvalue weighted by Crippen LogP contribution is -2.53. The van der Waals surface area contributed by atoms with Gasteiger partial charge in [0.15, 0.2) is 5.75 Å². The predicted molar refractivity (Wildman–Crippen MR) is 154 cm³/mol. The second kappa shape index (κ2) is 11.6. The molecule has 8 nitrogen and oxygen atoms in total. The number of nitrogens with zero attached hydrogens (tertiary/aromatic N) is 4. The van der Waals surface area contributed by atoms with Crippen LogP contribution >= 0.6 is 23.2 Å². The van der Waals surface area contributed by atoms with Crippen LogP contribution in [-0.4, -0.2) is 60.7 Å². The van der Waals surface area contributed by atoms with Gasteiger partial charge in [-0.1, -0.05) is 29.3 Å². The minimum Gasteiger partial charge on any atom is -0.494 e. The Morgan fingerprint density at radius 2 is 1.95 bits per heavy atom. The normalized spacial score (nSPS) is 16.2. The average Bonchev–Trinajstić information content (AvgIpc) is 2.94. The van der Waals surface area contributed by atoms with Crippen LogP contribution in [0.4, 0.5) is 5.69 Å². The topological polar surface area (TPSA) is 93.8 Å². The van der Waals surface area contributed by atoms with Gasteiger partial charge in [0.05, 0.1) is 47.9 Å². The van der Waals surface area contributed by atoms with Gasteiger partial charge in [-0.3, -0.25) is 9.78 Å². The number of carbonyl (C=O) groups is 1. The van der Waals surface area contributed by atoms with E-state index in [-0.39, 0.29) is 11.3 Å². The van der Waals surface area contributed by atoms with Crippen molar-refractivity contribution in [3.05, 3.63) is 63.9 Å². The van der Waals surface area contributed by atoms with Gasteiger partial charge in [0.1, 0.15) is 5.02 Å². The molecule has 2 aliphatic rings. The molecule has 5 rings (SSSR count). The molecule has 2 N–H and O–H groups in total. The second-order valence-electron chi connectivity index (χ2n) is 9.95. The Hall–Kier alpha value is -3.07. The van der Waals surface area contributed by atoms with Crippen molar-refractivity contribution in [2.75, 3.05) is 44.8 Å². The molecule has 0 unspecified atom stereocenters. The summed E-state index contributed by atoms with van der Waals surface area (Å²) in [6, 6.07) is 11.8. The van der Waals surface area contributed by atoms with Crippen LogP contribution in [0.2, 0.25) is 10.0 Å². The minimum atomic E-state index is -0.222. The van der Waals surface area contributed by atoms with Crippen LogP contribution in [0.25, 0.3) is 11.3 Å². The molecule has 4 heterocycles. The Balaban J connectivity index is 1.49. The average molecular weight is 571 g/mol. The van der Waals surface area contributed by atoms with Gasteiger partial charge in [-0.25, -0.2) is 4.98 Å². The lowest BCUT2D eigenvalue weighted by molar-refractivity contribution is -0.133. The van der Waals surface area contributed by atoms with Crippen molar-refractivity contribution in [3.8, 4) is 22.9 Å². The lowest BCUT2D eigenvalue weighted by atomic mass is 9.69. The van der Waals surface area contributed by atoms with Crippen molar-refractivity contribution in [1.82, 2.24) is 14.9 Å². The number of amides is 1. The standard InChI is InChI=1S/C29H33Cl2N5O3/c1-3-39-28-19(5-4-14-33-28)22-8-6-20-23(34-22)17-36(25(37)10-13-32)18-29(20)11-15-35(16-12-29)24-9-7-21(30)27(38-2)26(24)31/h4-9,14H,3,10-13,15-18,32H2,1-2H3. The first kappa shape index (κ1) is 27.5. The number of methoxy groups -OCH3 is 1. The van der Waals surface area contributed by atoms with Crippen molar-refractivity contribution >= 4 is 34.8 Å². The first-order valence-corrected chi connectivity index (χ1v) is 14.0. The number of hydrogen-bond donors (Lipinski definition) is 1. The van der Waals surface area contributed by atoms with Crippen LogP contribution in [0.15, 0.2) is 42.6 Å². The molecule has 0 atom stereocenters. The third kappa shape index (κ3) is 5.25. The Bertz CT molecular complexity index is 1360. The van der Waals surface area contributed by atoms with E-state index in [0.29, 0.717) is 54.3 Å². The first-order chi connectivity index (χ1) is 18.9. The van der Waals surface area contributed by atoms with E-state index >= 15 is 0 Å². The van der Waals surface area contributed by atoms with Crippen molar-refractivity contribution in [2.24, 2.45) is 5.73 Å². The summed E-state index contributed by atoms with van der Waals surface area (Å²) < 4.78 is 11.2. The molecular formula is C29H33Cl2N5O3. The van der Waals surface area contributed by atoms with Gasteiger partial charge in [-0.15, -0.1) is 0 Å². The maximum absolute atomic E-state index is 13.1. The summed E-state index contributed by atoms with van der Waals surface area (Å²) in [6.45, 7) is 5.40.